The van der Waals surface area contributed by atoms with E-state index in [4.69, 9.17) is 10.5 Å². The van der Waals surface area contributed by atoms with Gasteiger partial charge in [0.05, 0.1) is 13.7 Å². The number of benzene rings is 1. The molecule has 6 nitrogen and oxygen atoms in total. The van der Waals surface area contributed by atoms with Crippen molar-refractivity contribution < 1.29 is 4.74 Å². The number of nitrogens with zero attached hydrogens (tertiary/aromatic N) is 2. The number of ether oxygens (including phenoxy) is 1. The molecule has 1 heterocycles. The monoisotopic (exact) mass is 289 g/mol. The van der Waals surface area contributed by atoms with Crippen LogP contribution in [0.2, 0.25) is 0 Å². The third-order valence-corrected chi connectivity index (χ3v) is 3.27. The third-order valence-electron chi connectivity index (χ3n) is 3.27. The highest BCUT2D eigenvalue weighted by Crippen LogP contribution is 2.20. The van der Waals surface area contributed by atoms with Gasteiger partial charge >= 0.3 is 5.69 Å². The normalized spacial score (nSPS) is 10.6. The van der Waals surface area contributed by atoms with Gasteiger partial charge in [-0.15, -0.1) is 0 Å². The van der Waals surface area contributed by atoms with Crippen molar-refractivity contribution in [3.63, 3.8) is 0 Å². The number of hydrogen-bond acceptors (Lipinski definition) is 4. The molecule has 1 aromatic heterocycles. The lowest BCUT2D eigenvalue weighted by molar-refractivity contribution is 0.407. The molecule has 0 aliphatic rings. The highest BCUT2D eigenvalue weighted by atomic mass is 16.5. The quantitative estimate of drug-likeness (QED) is 0.860. The molecule has 112 valence electrons. The molecule has 0 bridgehead atoms. The lowest BCUT2D eigenvalue weighted by Crippen LogP contribution is -2.40. The lowest BCUT2D eigenvalue weighted by Gasteiger charge is -2.12. The summed E-state index contributed by atoms with van der Waals surface area (Å²) in [7, 11) is 1.59. The minimum atomic E-state index is -0.364. The minimum absolute atomic E-state index is 0.212. The molecule has 2 aromatic rings. The summed E-state index contributed by atoms with van der Waals surface area (Å²) in [6.07, 6.45) is 1.50. The molecule has 0 saturated carbocycles. The van der Waals surface area contributed by atoms with Crippen molar-refractivity contribution in [3.05, 3.63) is 62.4 Å². The fraction of sp³-hybridized carbons (Fsp3) is 0.333. The molecule has 0 amide bonds. The Labute approximate surface area is 122 Å². The van der Waals surface area contributed by atoms with Gasteiger partial charge < -0.3 is 10.5 Å². The molecule has 0 spiro atoms. The number of aromatic nitrogens is 2. The average molecular weight is 289 g/mol. The topological polar surface area (TPSA) is 79.2 Å². The van der Waals surface area contributed by atoms with Crippen LogP contribution in [0.25, 0.3) is 0 Å². The van der Waals surface area contributed by atoms with Gasteiger partial charge in [0.2, 0.25) is 0 Å². The van der Waals surface area contributed by atoms with E-state index in [2.05, 4.69) is 0 Å². The number of rotatable bonds is 5. The average Bonchev–Trinajstić information content (AvgIpc) is 2.47. The highest BCUT2D eigenvalue weighted by Gasteiger charge is 2.08. The van der Waals surface area contributed by atoms with E-state index in [-0.39, 0.29) is 24.3 Å². The Kier molecular flexibility index (Phi) is 4.59. The largest absolute Gasteiger partial charge is 0.496 e. The van der Waals surface area contributed by atoms with Gasteiger partial charge in [0.25, 0.3) is 5.56 Å². The second-order valence-corrected chi connectivity index (χ2v) is 4.82. The first-order valence-electron chi connectivity index (χ1n) is 6.70. The Morgan fingerprint density at radius 1 is 1.24 bits per heavy atom. The van der Waals surface area contributed by atoms with Gasteiger partial charge in [0.1, 0.15) is 5.75 Å². The Morgan fingerprint density at radius 2 is 2.00 bits per heavy atom. The van der Waals surface area contributed by atoms with E-state index >= 15 is 0 Å². The first-order chi connectivity index (χ1) is 10.1. The molecule has 0 saturated heterocycles. The number of hydrogen-bond donors (Lipinski definition) is 1. The fourth-order valence-electron chi connectivity index (χ4n) is 2.23. The Hall–Kier alpha value is -2.34. The van der Waals surface area contributed by atoms with Crippen LogP contribution in [0.3, 0.4) is 0 Å². The smallest absolute Gasteiger partial charge is 0.331 e. The molecule has 6 heteroatoms. The first-order valence-corrected chi connectivity index (χ1v) is 6.70. The van der Waals surface area contributed by atoms with Crippen LogP contribution >= 0.6 is 0 Å². The summed E-state index contributed by atoms with van der Waals surface area (Å²) >= 11 is 0. The molecule has 0 radical (unpaired) electrons. The number of methoxy groups -OCH3 is 1. The SMILES string of the molecule is COc1ccc(C)cc1Cn1ccc(=O)n(CCN)c1=O. The molecular weight excluding hydrogens is 270 g/mol. The molecule has 0 aliphatic carbocycles. The second kappa shape index (κ2) is 6.41. The summed E-state index contributed by atoms with van der Waals surface area (Å²) in [6, 6.07) is 7.15. The predicted molar refractivity (Wildman–Crippen MR) is 80.8 cm³/mol. The second-order valence-electron chi connectivity index (χ2n) is 4.82. The van der Waals surface area contributed by atoms with Gasteiger partial charge in [-0.25, -0.2) is 4.79 Å². The van der Waals surface area contributed by atoms with Crippen molar-refractivity contribution in [3.8, 4) is 5.75 Å². The maximum Gasteiger partial charge on any atom is 0.331 e. The van der Waals surface area contributed by atoms with Crippen LogP contribution in [-0.2, 0) is 13.1 Å². The molecule has 2 N–H and O–H groups in total. The van der Waals surface area contributed by atoms with E-state index < -0.39 is 0 Å². The van der Waals surface area contributed by atoms with Gasteiger partial charge in [0.15, 0.2) is 0 Å². The minimum Gasteiger partial charge on any atom is -0.496 e. The summed E-state index contributed by atoms with van der Waals surface area (Å²) in [5.41, 5.74) is 6.70. The van der Waals surface area contributed by atoms with Gasteiger partial charge in [0, 0.05) is 30.9 Å². The summed E-state index contributed by atoms with van der Waals surface area (Å²) < 4.78 is 7.93. The third kappa shape index (κ3) is 3.22. The van der Waals surface area contributed by atoms with E-state index in [1.165, 1.54) is 16.8 Å². The highest BCUT2D eigenvalue weighted by molar-refractivity contribution is 5.37. The van der Waals surface area contributed by atoms with Crippen LogP contribution in [0.15, 0.2) is 40.1 Å². The zero-order chi connectivity index (χ0) is 15.4. The van der Waals surface area contributed by atoms with E-state index in [0.717, 1.165) is 15.7 Å². The van der Waals surface area contributed by atoms with Crippen molar-refractivity contribution in [2.75, 3.05) is 13.7 Å². The molecule has 2 rings (SSSR count). The van der Waals surface area contributed by atoms with Gasteiger partial charge in [-0.2, -0.15) is 0 Å². The van der Waals surface area contributed by atoms with Crippen LogP contribution in [-0.4, -0.2) is 22.8 Å². The van der Waals surface area contributed by atoms with Gasteiger partial charge in [-0.1, -0.05) is 17.7 Å². The van der Waals surface area contributed by atoms with Crippen molar-refractivity contribution in [2.45, 2.75) is 20.0 Å². The molecule has 0 unspecified atom stereocenters. The maximum atomic E-state index is 12.3. The van der Waals surface area contributed by atoms with E-state index in [9.17, 15) is 9.59 Å². The van der Waals surface area contributed by atoms with E-state index in [0.29, 0.717) is 12.3 Å². The van der Waals surface area contributed by atoms with Crippen LogP contribution in [0.1, 0.15) is 11.1 Å². The number of aryl methyl sites for hydroxylation is 1. The van der Waals surface area contributed by atoms with Crippen molar-refractivity contribution >= 4 is 0 Å². The van der Waals surface area contributed by atoms with Crippen LogP contribution in [0, 0.1) is 6.92 Å². The van der Waals surface area contributed by atoms with E-state index in [1.54, 1.807) is 7.11 Å². The van der Waals surface area contributed by atoms with Crippen molar-refractivity contribution in [1.29, 1.82) is 0 Å². The zero-order valence-corrected chi connectivity index (χ0v) is 12.2. The van der Waals surface area contributed by atoms with Crippen LogP contribution < -0.4 is 21.7 Å². The van der Waals surface area contributed by atoms with Gasteiger partial charge in [-0.3, -0.25) is 13.9 Å². The van der Waals surface area contributed by atoms with Crippen LogP contribution in [0.5, 0.6) is 5.75 Å². The van der Waals surface area contributed by atoms with Crippen molar-refractivity contribution in [1.82, 2.24) is 9.13 Å². The van der Waals surface area contributed by atoms with E-state index in [1.807, 2.05) is 25.1 Å². The predicted octanol–water partition coefficient (Wildman–Crippen LogP) is 0.334. The Bertz CT molecular complexity index is 747. The molecule has 0 aliphatic heterocycles. The first kappa shape index (κ1) is 15.1. The molecule has 21 heavy (non-hydrogen) atoms. The summed E-state index contributed by atoms with van der Waals surface area (Å²) in [4.78, 5) is 24.0. The zero-order valence-electron chi connectivity index (χ0n) is 12.2. The summed E-state index contributed by atoms with van der Waals surface area (Å²) in [6.45, 7) is 2.77. The van der Waals surface area contributed by atoms with Gasteiger partial charge in [-0.05, 0) is 13.0 Å². The van der Waals surface area contributed by atoms with Crippen LogP contribution in [0.4, 0.5) is 0 Å². The molecule has 0 fully saturated rings. The molecular formula is C15H19N3O3. The molecule has 1 aromatic carbocycles. The standard InChI is InChI=1S/C15H19N3O3/c1-11-3-4-13(21-2)12(9-11)10-17-7-5-14(19)18(8-6-16)15(17)20/h3-5,7,9H,6,8,10,16H2,1-2H3. The maximum absolute atomic E-state index is 12.3. The molecule has 0 atom stereocenters. The fourth-order valence-corrected chi connectivity index (χ4v) is 2.23. The Balaban J connectivity index is 2.45. The number of nitrogens with two attached hydrogens (primary N) is 1. The lowest BCUT2D eigenvalue weighted by atomic mass is 10.1. The Morgan fingerprint density at radius 3 is 2.67 bits per heavy atom. The summed E-state index contributed by atoms with van der Waals surface area (Å²) in [5.74, 6) is 0.712. The summed E-state index contributed by atoms with van der Waals surface area (Å²) in [5, 5.41) is 0. The van der Waals surface area contributed by atoms with Crippen molar-refractivity contribution in [2.24, 2.45) is 5.73 Å².